The number of rotatable bonds is 7. The van der Waals surface area contributed by atoms with Crippen molar-refractivity contribution in [2.75, 3.05) is 32.2 Å². The number of esters is 2. The number of anilines is 1. The number of methoxy groups -OCH3 is 1. The van der Waals surface area contributed by atoms with Gasteiger partial charge in [0.2, 0.25) is 0 Å². The van der Waals surface area contributed by atoms with E-state index in [4.69, 9.17) is 14.2 Å². The van der Waals surface area contributed by atoms with Gasteiger partial charge >= 0.3 is 24.0 Å². The summed E-state index contributed by atoms with van der Waals surface area (Å²) in [7, 11) is 1.40. The van der Waals surface area contributed by atoms with Crippen molar-refractivity contribution >= 4 is 34.2 Å². The van der Waals surface area contributed by atoms with E-state index in [1.807, 2.05) is 0 Å². The van der Waals surface area contributed by atoms with Gasteiger partial charge in [-0.15, -0.1) is 11.3 Å². The van der Waals surface area contributed by atoms with Crippen LogP contribution in [0.3, 0.4) is 0 Å². The third-order valence-electron chi connectivity index (χ3n) is 2.82. The molecule has 0 bridgehead atoms. The summed E-state index contributed by atoms with van der Waals surface area (Å²) in [5.41, 5.74) is -0.258. The molecule has 0 aromatic carbocycles. The minimum atomic E-state index is -5.15. The predicted molar refractivity (Wildman–Crippen MR) is 81.9 cm³/mol. The van der Waals surface area contributed by atoms with Crippen LogP contribution < -0.4 is 5.32 Å². The fourth-order valence-corrected chi connectivity index (χ4v) is 2.79. The van der Waals surface area contributed by atoms with Crippen LogP contribution in [0.5, 0.6) is 0 Å². The molecule has 1 rings (SSSR count). The van der Waals surface area contributed by atoms with E-state index in [2.05, 4.69) is 0 Å². The van der Waals surface area contributed by atoms with Crippen LogP contribution >= 0.6 is 11.3 Å². The van der Waals surface area contributed by atoms with Crippen LogP contribution in [0.15, 0.2) is 0 Å². The lowest BCUT2D eigenvalue weighted by Crippen LogP contribution is -2.30. The Hall–Kier alpha value is -2.14. The molecule has 140 valence electrons. The van der Waals surface area contributed by atoms with Gasteiger partial charge in [-0.3, -0.25) is 4.79 Å². The first-order chi connectivity index (χ1) is 11.6. The molecule has 0 radical (unpaired) electrons. The lowest BCUT2D eigenvalue weighted by molar-refractivity contribution is -0.167. The molecule has 0 saturated heterocycles. The Morgan fingerprint density at radius 3 is 2.28 bits per heavy atom. The van der Waals surface area contributed by atoms with Crippen molar-refractivity contribution in [2.45, 2.75) is 20.0 Å². The maximum absolute atomic E-state index is 12.5. The summed E-state index contributed by atoms with van der Waals surface area (Å²) in [5, 5.41) is 1.16. The first-order valence-corrected chi connectivity index (χ1v) is 7.79. The van der Waals surface area contributed by atoms with Crippen LogP contribution in [0.2, 0.25) is 0 Å². The molecule has 1 amide bonds. The fourth-order valence-electron chi connectivity index (χ4n) is 1.70. The second-order valence-corrected chi connectivity index (χ2v) is 5.58. The van der Waals surface area contributed by atoms with Gasteiger partial charge in [-0.05, 0) is 19.4 Å². The molecular formula is C14H16F3NO6S. The van der Waals surface area contributed by atoms with E-state index in [0.717, 1.165) is 0 Å². The van der Waals surface area contributed by atoms with Crippen LogP contribution in [-0.4, -0.2) is 51.0 Å². The molecule has 11 heteroatoms. The number of carbonyl (C=O) groups is 3. The lowest BCUT2D eigenvalue weighted by atomic mass is 10.1. The molecule has 7 nitrogen and oxygen atoms in total. The van der Waals surface area contributed by atoms with Crippen molar-refractivity contribution < 1.29 is 41.8 Å². The van der Waals surface area contributed by atoms with Crippen molar-refractivity contribution in [3.05, 3.63) is 16.0 Å². The van der Waals surface area contributed by atoms with Gasteiger partial charge in [0.05, 0.1) is 18.8 Å². The van der Waals surface area contributed by atoms with Crippen LogP contribution in [-0.2, 0) is 19.0 Å². The molecule has 1 aromatic heterocycles. The van der Waals surface area contributed by atoms with E-state index >= 15 is 0 Å². The van der Waals surface area contributed by atoms with Gasteiger partial charge in [0.15, 0.2) is 0 Å². The van der Waals surface area contributed by atoms with Gasteiger partial charge in [-0.1, -0.05) is 0 Å². The van der Waals surface area contributed by atoms with Gasteiger partial charge < -0.3 is 19.5 Å². The molecule has 25 heavy (non-hydrogen) atoms. The van der Waals surface area contributed by atoms with Crippen LogP contribution in [0.1, 0.15) is 32.5 Å². The Morgan fingerprint density at radius 2 is 1.76 bits per heavy atom. The molecule has 0 unspecified atom stereocenters. The van der Waals surface area contributed by atoms with E-state index in [0.29, 0.717) is 11.3 Å². The highest BCUT2D eigenvalue weighted by atomic mass is 32.1. The number of halogens is 3. The number of thiophene rings is 1. The summed E-state index contributed by atoms with van der Waals surface area (Å²) in [4.78, 5) is 35.0. The SMILES string of the molecule is CCOC(=O)c1c(NC(=O)C(F)(F)F)sc(C(=O)OCCOC)c1C. The van der Waals surface area contributed by atoms with Crippen molar-refractivity contribution in [1.82, 2.24) is 0 Å². The zero-order chi connectivity index (χ0) is 19.2. The summed E-state index contributed by atoms with van der Waals surface area (Å²) in [6, 6.07) is 0. The number of hydrogen-bond acceptors (Lipinski definition) is 7. The third kappa shape index (κ3) is 5.43. The largest absolute Gasteiger partial charge is 0.471 e. The number of ether oxygens (including phenoxy) is 3. The van der Waals surface area contributed by atoms with Gasteiger partial charge in [0.1, 0.15) is 16.5 Å². The smallest absolute Gasteiger partial charge is 0.462 e. The lowest BCUT2D eigenvalue weighted by Gasteiger charge is -2.08. The average molecular weight is 383 g/mol. The molecule has 0 saturated carbocycles. The highest BCUT2D eigenvalue weighted by Crippen LogP contribution is 2.35. The molecule has 1 aromatic rings. The molecule has 0 spiro atoms. The Morgan fingerprint density at radius 1 is 1.12 bits per heavy atom. The number of alkyl halides is 3. The second kappa shape index (κ2) is 8.81. The van der Waals surface area contributed by atoms with E-state index < -0.39 is 29.0 Å². The summed E-state index contributed by atoms with van der Waals surface area (Å²) in [6.07, 6.45) is -5.15. The topological polar surface area (TPSA) is 90.9 Å². The quantitative estimate of drug-likeness (QED) is 0.575. The van der Waals surface area contributed by atoms with Crippen molar-refractivity contribution in [3.8, 4) is 0 Å². The van der Waals surface area contributed by atoms with Crippen LogP contribution in [0.25, 0.3) is 0 Å². The summed E-state index contributed by atoms with van der Waals surface area (Å²) < 4.78 is 51.8. The van der Waals surface area contributed by atoms with Gasteiger partial charge in [0.25, 0.3) is 0 Å². The minimum absolute atomic E-state index is 0.0333. The number of hydrogen-bond donors (Lipinski definition) is 1. The van der Waals surface area contributed by atoms with Gasteiger partial charge in [0, 0.05) is 7.11 Å². The average Bonchev–Trinajstić information content (AvgIpc) is 2.83. The van der Waals surface area contributed by atoms with Crippen molar-refractivity contribution in [3.63, 3.8) is 0 Å². The van der Waals surface area contributed by atoms with E-state index in [-0.39, 0.29) is 35.8 Å². The molecule has 0 atom stereocenters. The van der Waals surface area contributed by atoms with Crippen molar-refractivity contribution in [2.24, 2.45) is 0 Å². The highest BCUT2D eigenvalue weighted by molar-refractivity contribution is 7.18. The zero-order valence-electron chi connectivity index (χ0n) is 13.6. The molecule has 1 heterocycles. The Bertz CT molecular complexity index is 656. The summed E-state index contributed by atoms with van der Waals surface area (Å²) in [5.74, 6) is -4.07. The first-order valence-electron chi connectivity index (χ1n) is 6.98. The maximum Gasteiger partial charge on any atom is 0.471 e. The molecule has 0 fully saturated rings. The zero-order valence-corrected chi connectivity index (χ0v) is 14.4. The number of amides is 1. The Kier molecular flexibility index (Phi) is 7.37. The van der Waals surface area contributed by atoms with E-state index in [1.165, 1.54) is 21.0 Å². The van der Waals surface area contributed by atoms with E-state index in [9.17, 15) is 27.6 Å². The summed E-state index contributed by atoms with van der Waals surface area (Å²) >= 11 is 0.503. The monoisotopic (exact) mass is 383 g/mol. The van der Waals surface area contributed by atoms with E-state index in [1.54, 1.807) is 5.32 Å². The standard InChI is InChI=1S/C14H16F3NO6S/c1-4-23-11(19)8-7(2)9(12(20)24-6-5-22-3)25-10(8)18-13(21)14(15,16)17/h4-6H2,1-3H3,(H,18,21). The third-order valence-corrected chi connectivity index (χ3v) is 4.00. The minimum Gasteiger partial charge on any atom is -0.462 e. The predicted octanol–water partition coefficient (Wildman–Crippen LogP) is 2.54. The summed E-state index contributed by atoms with van der Waals surface area (Å²) in [6.45, 7) is 2.87. The maximum atomic E-state index is 12.5. The molecule has 0 aliphatic heterocycles. The Labute approximate surface area is 145 Å². The second-order valence-electron chi connectivity index (χ2n) is 4.56. The number of carbonyl (C=O) groups excluding carboxylic acids is 3. The number of nitrogens with one attached hydrogen (secondary N) is 1. The van der Waals surface area contributed by atoms with Crippen LogP contribution in [0.4, 0.5) is 18.2 Å². The Balaban J connectivity index is 3.20. The highest BCUT2D eigenvalue weighted by Gasteiger charge is 2.40. The molecule has 0 aliphatic carbocycles. The fraction of sp³-hybridized carbons (Fsp3) is 0.500. The first kappa shape index (κ1) is 20.9. The van der Waals surface area contributed by atoms with Gasteiger partial charge in [-0.2, -0.15) is 13.2 Å². The molecular weight excluding hydrogens is 367 g/mol. The van der Waals surface area contributed by atoms with Crippen molar-refractivity contribution in [1.29, 1.82) is 0 Å². The van der Waals surface area contributed by atoms with Crippen LogP contribution in [0, 0.1) is 6.92 Å². The molecule has 0 aliphatic rings. The van der Waals surface area contributed by atoms with Gasteiger partial charge in [-0.25, -0.2) is 9.59 Å². The molecule has 1 N–H and O–H groups in total. The normalized spacial score (nSPS) is 11.1.